The van der Waals surface area contributed by atoms with E-state index >= 15 is 0 Å². The molecule has 17 heavy (non-hydrogen) atoms. The largest absolute Gasteiger partial charge is 0.444 e. The number of likely N-dealkylation sites (tertiary alicyclic amines) is 1. The van der Waals surface area contributed by atoms with Crippen molar-refractivity contribution in [1.82, 2.24) is 4.90 Å². The molecule has 1 aliphatic heterocycles. The fraction of sp³-hybridized carbons (Fsp3) is 0.583. The van der Waals surface area contributed by atoms with E-state index in [1.165, 1.54) is 13.0 Å². The number of hydrogen-bond donors (Lipinski definition) is 0. The monoisotopic (exact) mass is 235 g/mol. The first-order valence-corrected chi connectivity index (χ1v) is 5.20. The summed E-state index contributed by atoms with van der Waals surface area (Å²) in [6.07, 6.45) is 1.16. The molecule has 1 heterocycles. The summed E-state index contributed by atoms with van der Waals surface area (Å²) in [5, 5.41) is 15.7. The molecule has 1 amide bonds. The van der Waals surface area contributed by atoms with E-state index in [2.05, 4.69) is 0 Å². The summed E-state index contributed by atoms with van der Waals surface area (Å²) in [4.78, 5) is 12.9. The highest BCUT2D eigenvalue weighted by molar-refractivity contribution is 5.70. The lowest BCUT2D eigenvalue weighted by Gasteiger charge is -2.34. The summed E-state index contributed by atoms with van der Waals surface area (Å²) in [5.41, 5.74) is 0.518. The number of rotatable bonds is 0. The predicted octanol–water partition coefficient (Wildman–Crippen LogP) is 2.22. The maximum Gasteiger partial charge on any atom is 0.410 e. The van der Waals surface area contributed by atoms with Gasteiger partial charge in [0.15, 0.2) is 0 Å². The molecule has 1 rings (SSSR count). The molecule has 0 bridgehead atoms. The van der Waals surface area contributed by atoms with Crippen LogP contribution in [-0.4, -0.2) is 29.7 Å². The third kappa shape index (κ3) is 6.21. The Bertz CT molecular complexity index is 372. The Balaban J connectivity index is 0.000000770. The van der Waals surface area contributed by atoms with Crippen LogP contribution in [0.5, 0.6) is 0 Å². The van der Waals surface area contributed by atoms with Crippen molar-refractivity contribution in [2.75, 3.05) is 13.1 Å². The average Bonchev–Trinajstić information content (AvgIpc) is 2.08. The van der Waals surface area contributed by atoms with Gasteiger partial charge in [-0.25, -0.2) is 4.79 Å². The van der Waals surface area contributed by atoms with Crippen molar-refractivity contribution < 1.29 is 9.53 Å². The van der Waals surface area contributed by atoms with Gasteiger partial charge in [-0.2, -0.15) is 10.5 Å². The lowest BCUT2D eigenvalue weighted by Crippen LogP contribution is -2.46. The lowest BCUT2D eigenvalue weighted by molar-refractivity contribution is 0.0214. The van der Waals surface area contributed by atoms with Gasteiger partial charge in [-0.15, -0.1) is 0 Å². The van der Waals surface area contributed by atoms with Crippen LogP contribution in [0, 0.1) is 22.7 Å². The normalized spacial score (nSPS) is 13.3. The van der Waals surface area contributed by atoms with Gasteiger partial charge >= 0.3 is 6.09 Å². The molecule has 0 radical (unpaired) electrons. The highest BCUT2D eigenvalue weighted by atomic mass is 16.6. The molecule has 0 unspecified atom stereocenters. The first kappa shape index (κ1) is 15.0. The second-order valence-corrected chi connectivity index (χ2v) is 4.49. The molecular weight excluding hydrogens is 218 g/mol. The third-order valence-electron chi connectivity index (χ3n) is 1.71. The fourth-order valence-corrected chi connectivity index (χ4v) is 1.08. The van der Waals surface area contributed by atoms with Crippen molar-refractivity contribution >= 4 is 6.09 Å². The van der Waals surface area contributed by atoms with Crippen LogP contribution in [0.2, 0.25) is 0 Å². The van der Waals surface area contributed by atoms with Crippen molar-refractivity contribution in [3.8, 4) is 12.1 Å². The summed E-state index contributed by atoms with van der Waals surface area (Å²) in [6.45, 7) is 7.95. The van der Waals surface area contributed by atoms with Crippen molar-refractivity contribution in [2.45, 2.75) is 33.3 Å². The lowest BCUT2D eigenvalue weighted by atomic mass is 10.1. The molecule has 1 aliphatic rings. The summed E-state index contributed by atoms with van der Waals surface area (Å²) >= 11 is 0. The number of carbonyl (C=O) groups excluding carboxylic acids is 1. The Morgan fingerprint density at radius 3 is 2.24 bits per heavy atom. The molecule has 92 valence electrons. The minimum absolute atomic E-state index is 0.312. The van der Waals surface area contributed by atoms with Crippen molar-refractivity contribution in [1.29, 1.82) is 10.5 Å². The topological polar surface area (TPSA) is 77.1 Å². The quantitative estimate of drug-likeness (QED) is 0.603. The van der Waals surface area contributed by atoms with Gasteiger partial charge < -0.3 is 9.64 Å². The van der Waals surface area contributed by atoms with E-state index in [1.807, 2.05) is 26.8 Å². The number of allylic oxidation sites excluding steroid dienone is 1. The third-order valence-corrected chi connectivity index (χ3v) is 1.71. The van der Waals surface area contributed by atoms with Gasteiger partial charge in [0.2, 0.25) is 0 Å². The molecule has 5 nitrogen and oxygen atoms in total. The molecule has 0 aromatic heterocycles. The Labute approximate surface area is 102 Å². The number of nitriles is 2. The molecule has 5 heteroatoms. The molecule has 0 aromatic rings. The van der Waals surface area contributed by atoms with Crippen LogP contribution >= 0.6 is 0 Å². The number of nitrogens with zero attached hydrogens (tertiary/aromatic N) is 3. The van der Waals surface area contributed by atoms with Crippen LogP contribution in [0.1, 0.15) is 27.7 Å². The molecule has 0 spiro atoms. The predicted molar refractivity (Wildman–Crippen MR) is 62.8 cm³/mol. The Kier molecular flexibility index (Phi) is 5.77. The molecule has 0 N–H and O–H groups in total. The van der Waals surface area contributed by atoms with E-state index < -0.39 is 5.60 Å². The highest BCUT2D eigenvalue weighted by Crippen LogP contribution is 2.18. The molecule has 0 atom stereocenters. The first-order valence-electron chi connectivity index (χ1n) is 5.20. The summed E-state index contributed by atoms with van der Waals surface area (Å²) in [5.74, 6) is 0. The number of ether oxygens (including phenoxy) is 1. The van der Waals surface area contributed by atoms with E-state index in [0.29, 0.717) is 13.1 Å². The minimum atomic E-state index is -0.453. The zero-order chi connectivity index (χ0) is 13.5. The number of carbonyl (C=O) groups is 1. The zero-order valence-electron chi connectivity index (χ0n) is 10.6. The van der Waals surface area contributed by atoms with Gasteiger partial charge in [0.25, 0.3) is 0 Å². The highest BCUT2D eigenvalue weighted by Gasteiger charge is 2.29. The minimum Gasteiger partial charge on any atom is -0.444 e. The van der Waals surface area contributed by atoms with E-state index in [-0.39, 0.29) is 6.09 Å². The number of hydrogen-bond acceptors (Lipinski definition) is 4. The fourth-order valence-electron chi connectivity index (χ4n) is 1.08. The van der Waals surface area contributed by atoms with Crippen molar-refractivity contribution in [3.63, 3.8) is 0 Å². The average molecular weight is 235 g/mol. The number of amides is 1. The second-order valence-electron chi connectivity index (χ2n) is 4.49. The Morgan fingerprint density at radius 1 is 1.41 bits per heavy atom. The van der Waals surface area contributed by atoms with Gasteiger partial charge in [0.1, 0.15) is 5.60 Å². The van der Waals surface area contributed by atoms with E-state index in [9.17, 15) is 4.79 Å². The van der Waals surface area contributed by atoms with Crippen LogP contribution in [0.25, 0.3) is 0 Å². The molecule has 0 aromatic carbocycles. The molecule has 1 fully saturated rings. The van der Waals surface area contributed by atoms with Gasteiger partial charge in [-0.3, -0.25) is 0 Å². The summed E-state index contributed by atoms with van der Waals surface area (Å²) < 4.78 is 5.14. The van der Waals surface area contributed by atoms with E-state index in [0.717, 1.165) is 5.57 Å². The maximum absolute atomic E-state index is 11.4. The Morgan fingerprint density at radius 2 is 1.88 bits per heavy atom. The van der Waals surface area contributed by atoms with E-state index in [1.54, 1.807) is 11.0 Å². The van der Waals surface area contributed by atoms with Gasteiger partial charge in [-0.1, -0.05) is 0 Å². The van der Waals surface area contributed by atoms with Gasteiger partial charge in [-0.05, 0) is 26.3 Å². The van der Waals surface area contributed by atoms with Crippen LogP contribution in [-0.2, 0) is 4.74 Å². The van der Waals surface area contributed by atoms with Crippen LogP contribution in [0.15, 0.2) is 11.6 Å². The molecular formula is C12H17N3O2. The van der Waals surface area contributed by atoms with Gasteiger partial charge in [0.05, 0.1) is 12.1 Å². The zero-order valence-corrected chi connectivity index (χ0v) is 10.6. The SMILES string of the molecule is CC#N.CC(C)(C)OC(=O)N1CC(=CC#N)C1. The first-order chi connectivity index (χ1) is 7.84. The smallest absolute Gasteiger partial charge is 0.410 e. The van der Waals surface area contributed by atoms with Crippen LogP contribution in [0.3, 0.4) is 0 Å². The molecule has 0 saturated carbocycles. The van der Waals surface area contributed by atoms with E-state index in [4.69, 9.17) is 15.3 Å². The summed E-state index contributed by atoms with van der Waals surface area (Å²) in [6, 6.07) is 3.69. The van der Waals surface area contributed by atoms with Crippen molar-refractivity contribution in [3.05, 3.63) is 11.6 Å². The van der Waals surface area contributed by atoms with Crippen molar-refractivity contribution in [2.24, 2.45) is 0 Å². The maximum atomic E-state index is 11.4. The standard InChI is InChI=1S/C10H14N2O2.C2H3N/c1-10(2,3)14-9(13)12-6-8(7-12)4-5-11;1-2-3/h4H,6-7H2,1-3H3;1H3. The Hall–Kier alpha value is -2.01. The summed E-state index contributed by atoms with van der Waals surface area (Å²) in [7, 11) is 0. The second kappa shape index (κ2) is 6.55. The van der Waals surface area contributed by atoms with Crippen LogP contribution < -0.4 is 0 Å². The molecule has 0 aliphatic carbocycles. The van der Waals surface area contributed by atoms with Crippen LogP contribution in [0.4, 0.5) is 4.79 Å². The van der Waals surface area contributed by atoms with Gasteiger partial charge in [0, 0.05) is 26.1 Å². The molecule has 1 saturated heterocycles.